The number of halogens is 1. The first-order chi connectivity index (χ1) is 7.06. The van der Waals surface area contributed by atoms with Crippen molar-refractivity contribution in [3.63, 3.8) is 0 Å². The minimum atomic E-state index is -0.765. The van der Waals surface area contributed by atoms with Crippen LogP contribution in [0.25, 0.3) is 0 Å². The third-order valence-corrected chi connectivity index (χ3v) is 3.01. The summed E-state index contributed by atoms with van der Waals surface area (Å²) in [5, 5.41) is 10.2. The quantitative estimate of drug-likeness (QED) is 0.835. The first-order valence-corrected chi connectivity index (χ1v) is 5.83. The van der Waals surface area contributed by atoms with Gasteiger partial charge in [-0.25, -0.2) is 0 Å². The van der Waals surface area contributed by atoms with E-state index in [-0.39, 0.29) is 0 Å². The maximum absolute atomic E-state index is 10.2. The molecule has 1 N–H and O–H groups in total. The summed E-state index contributed by atoms with van der Waals surface area (Å²) in [4.78, 5) is 0. The standard InChI is InChI=1S/C12H17BrO2/c1-12(14,8-3-9-15-2)10-4-6-11(13)7-5-10/h4-7,14H,3,8-9H2,1-2H3. The number of hydrogen-bond acceptors (Lipinski definition) is 2. The Morgan fingerprint density at radius 3 is 2.47 bits per heavy atom. The minimum absolute atomic E-state index is 0.687. The second-order valence-corrected chi connectivity index (χ2v) is 4.79. The zero-order valence-corrected chi connectivity index (χ0v) is 10.8. The van der Waals surface area contributed by atoms with Crippen molar-refractivity contribution in [2.24, 2.45) is 0 Å². The molecule has 0 amide bonds. The van der Waals surface area contributed by atoms with Gasteiger partial charge >= 0.3 is 0 Å². The van der Waals surface area contributed by atoms with E-state index in [1.54, 1.807) is 7.11 Å². The van der Waals surface area contributed by atoms with Crippen LogP contribution >= 0.6 is 15.9 Å². The summed E-state index contributed by atoms with van der Waals surface area (Å²) in [6, 6.07) is 7.77. The average molecular weight is 273 g/mol. The fourth-order valence-electron chi connectivity index (χ4n) is 1.51. The van der Waals surface area contributed by atoms with E-state index in [0.29, 0.717) is 13.0 Å². The highest BCUT2D eigenvalue weighted by atomic mass is 79.9. The third-order valence-electron chi connectivity index (χ3n) is 2.48. The van der Waals surface area contributed by atoms with Crippen molar-refractivity contribution >= 4 is 15.9 Å². The number of aliphatic hydroxyl groups is 1. The van der Waals surface area contributed by atoms with Gasteiger partial charge in [0.2, 0.25) is 0 Å². The van der Waals surface area contributed by atoms with Crippen LogP contribution in [0.4, 0.5) is 0 Å². The molecule has 1 rings (SSSR count). The van der Waals surface area contributed by atoms with Gasteiger partial charge in [-0.3, -0.25) is 0 Å². The van der Waals surface area contributed by atoms with Crippen LogP contribution in [0.3, 0.4) is 0 Å². The summed E-state index contributed by atoms with van der Waals surface area (Å²) >= 11 is 3.37. The maximum atomic E-state index is 10.2. The van der Waals surface area contributed by atoms with E-state index < -0.39 is 5.60 Å². The molecule has 1 atom stereocenters. The van der Waals surface area contributed by atoms with Crippen LogP contribution in [-0.2, 0) is 10.3 Å². The van der Waals surface area contributed by atoms with Crippen LogP contribution in [0.1, 0.15) is 25.3 Å². The molecule has 0 aromatic heterocycles. The molecule has 2 nitrogen and oxygen atoms in total. The molecule has 1 unspecified atom stereocenters. The molecule has 0 bridgehead atoms. The van der Waals surface area contributed by atoms with Crippen molar-refractivity contribution in [2.75, 3.05) is 13.7 Å². The van der Waals surface area contributed by atoms with Crippen molar-refractivity contribution in [3.8, 4) is 0 Å². The highest BCUT2D eigenvalue weighted by molar-refractivity contribution is 9.10. The van der Waals surface area contributed by atoms with Crippen LogP contribution in [0, 0.1) is 0 Å². The van der Waals surface area contributed by atoms with Gasteiger partial charge in [0.05, 0.1) is 5.60 Å². The Balaban J connectivity index is 2.63. The lowest BCUT2D eigenvalue weighted by Crippen LogP contribution is -2.21. The van der Waals surface area contributed by atoms with Gasteiger partial charge in [-0.15, -0.1) is 0 Å². The van der Waals surface area contributed by atoms with Crippen molar-refractivity contribution in [1.29, 1.82) is 0 Å². The number of ether oxygens (including phenoxy) is 1. The van der Waals surface area contributed by atoms with Crippen molar-refractivity contribution < 1.29 is 9.84 Å². The Bertz CT molecular complexity index is 293. The van der Waals surface area contributed by atoms with Gasteiger partial charge in [0.25, 0.3) is 0 Å². The third kappa shape index (κ3) is 3.93. The first kappa shape index (κ1) is 12.7. The summed E-state index contributed by atoms with van der Waals surface area (Å²) in [6.45, 7) is 2.53. The van der Waals surface area contributed by atoms with E-state index in [1.807, 2.05) is 31.2 Å². The summed E-state index contributed by atoms with van der Waals surface area (Å²) in [5.74, 6) is 0. The molecule has 0 heterocycles. The van der Waals surface area contributed by atoms with Crippen LogP contribution in [0.5, 0.6) is 0 Å². The summed E-state index contributed by atoms with van der Waals surface area (Å²) in [6.07, 6.45) is 1.57. The summed E-state index contributed by atoms with van der Waals surface area (Å²) in [5.41, 5.74) is 0.181. The second-order valence-electron chi connectivity index (χ2n) is 3.88. The van der Waals surface area contributed by atoms with Crippen LogP contribution in [-0.4, -0.2) is 18.8 Å². The molecule has 84 valence electrons. The van der Waals surface area contributed by atoms with Crippen LogP contribution < -0.4 is 0 Å². The minimum Gasteiger partial charge on any atom is -0.385 e. The molecule has 0 radical (unpaired) electrons. The zero-order valence-electron chi connectivity index (χ0n) is 9.16. The monoisotopic (exact) mass is 272 g/mol. The molecule has 1 aromatic rings. The molecule has 15 heavy (non-hydrogen) atoms. The average Bonchev–Trinajstić information content (AvgIpc) is 2.18. The van der Waals surface area contributed by atoms with E-state index in [1.165, 1.54) is 0 Å². The maximum Gasteiger partial charge on any atom is 0.0869 e. The molecule has 0 saturated carbocycles. The van der Waals surface area contributed by atoms with E-state index in [9.17, 15) is 5.11 Å². The molecular formula is C12H17BrO2. The first-order valence-electron chi connectivity index (χ1n) is 5.03. The molecule has 3 heteroatoms. The van der Waals surface area contributed by atoms with E-state index in [2.05, 4.69) is 15.9 Å². The predicted octanol–water partition coefficient (Wildman–Crippen LogP) is 3.08. The van der Waals surface area contributed by atoms with Gasteiger partial charge in [-0.05, 0) is 37.5 Å². The van der Waals surface area contributed by atoms with E-state index >= 15 is 0 Å². The molecule has 0 aliphatic heterocycles. The van der Waals surface area contributed by atoms with Crippen molar-refractivity contribution in [1.82, 2.24) is 0 Å². The van der Waals surface area contributed by atoms with Crippen molar-refractivity contribution in [2.45, 2.75) is 25.4 Å². The van der Waals surface area contributed by atoms with Gasteiger partial charge < -0.3 is 9.84 Å². The van der Waals surface area contributed by atoms with Crippen LogP contribution in [0.15, 0.2) is 28.7 Å². The molecular weight excluding hydrogens is 256 g/mol. The molecule has 0 aliphatic carbocycles. The lowest BCUT2D eigenvalue weighted by Gasteiger charge is -2.23. The predicted molar refractivity (Wildman–Crippen MR) is 64.8 cm³/mol. The Labute approximate surface area is 99.4 Å². The lowest BCUT2D eigenvalue weighted by atomic mass is 9.91. The fraction of sp³-hybridized carbons (Fsp3) is 0.500. The second kappa shape index (κ2) is 5.64. The highest BCUT2D eigenvalue weighted by Crippen LogP contribution is 2.26. The van der Waals surface area contributed by atoms with Gasteiger partial charge in [0, 0.05) is 18.2 Å². The van der Waals surface area contributed by atoms with Gasteiger partial charge in [-0.1, -0.05) is 28.1 Å². The fourth-order valence-corrected chi connectivity index (χ4v) is 1.78. The van der Waals surface area contributed by atoms with Gasteiger partial charge in [-0.2, -0.15) is 0 Å². The topological polar surface area (TPSA) is 29.5 Å². The van der Waals surface area contributed by atoms with Gasteiger partial charge in [0.15, 0.2) is 0 Å². The normalized spacial score (nSPS) is 14.9. The molecule has 0 spiro atoms. The number of methoxy groups -OCH3 is 1. The molecule has 0 fully saturated rings. The highest BCUT2D eigenvalue weighted by Gasteiger charge is 2.21. The Morgan fingerprint density at radius 1 is 1.33 bits per heavy atom. The smallest absolute Gasteiger partial charge is 0.0869 e. The molecule has 0 aliphatic rings. The van der Waals surface area contributed by atoms with Crippen LogP contribution in [0.2, 0.25) is 0 Å². The lowest BCUT2D eigenvalue weighted by molar-refractivity contribution is 0.0372. The summed E-state index contributed by atoms with van der Waals surface area (Å²) in [7, 11) is 1.67. The number of hydrogen-bond donors (Lipinski definition) is 1. The Kier molecular flexibility index (Phi) is 4.77. The van der Waals surface area contributed by atoms with E-state index in [4.69, 9.17) is 4.74 Å². The van der Waals surface area contributed by atoms with E-state index in [0.717, 1.165) is 16.5 Å². The number of benzene rings is 1. The summed E-state index contributed by atoms with van der Waals surface area (Å²) < 4.78 is 6.00. The number of rotatable bonds is 5. The SMILES string of the molecule is COCCCC(C)(O)c1ccc(Br)cc1. The van der Waals surface area contributed by atoms with Crippen molar-refractivity contribution in [3.05, 3.63) is 34.3 Å². The Hall–Kier alpha value is -0.380. The molecule has 0 saturated heterocycles. The van der Waals surface area contributed by atoms with Gasteiger partial charge in [0.1, 0.15) is 0 Å². The Morgan fingerprint density at radius 2 is 1.93 bits per heavy atom. The molecule has 1 aromatic carbocycles. The largest absolute Gasteiger partial charge is 0.385 e. The zero-order chi connectivity index (χ0) is 11.3.